The summed E-state index contributed by atoms with van der Waals surface area (Å²) in [5, 5.41) is 14.3. The Bertz CT molecular complexity index is 1600. The van der Waals surface area contributed by atoms with E-state index in [0.717, 1.165) is 17.7 Å². The van der Waals surface area contributed by atoms with Crippen LogP contribution in [0.1, 0.15) is 27.9 Å². The van der Waals surface area contributed by atoms with Gasteiger partial charge in [0.1, 0.15) is 17.0 Å². The summed E-state index contributed by atoms with van der Waals surface area (Å²) in [7, 11) is -3.91. The molecule has 0 saturated carbocycles. The van der Waals surface area contributed by atoms with Gasteiger partial charge in [-0.2, -0.15) is 17.5 Å². The molecule has 1 aliphatic heterocycles. The molecule has 1 fully saturated rings. The second-order valence-corrected chi connectivity index (χ2v) is 12.3. The molecule has 4 rings (SSSR count). The van der Waals surface area contributed by atoms with Crippen LogP contribution < -0.4 is 21.3 Å². The number of anilines is 2. The fourth-order valence-corrected chi connectivity index (χ4v) is 6.09. The Balaban J connectivity index is 1.33. The third-order valence-electron chi connectivity index (χ3n) is 6.89. The van der Waals surface area contributed by atoms with Crippen LogP contribution in [0.5, 0.6) is 0 Å². The summed E-state index contributed by atoms with van der Waals surface area (Å²) in [5.74, 6) is -1.46. The first-order chi connectivity index (χ1) is 20.7. The third-order valence-corrected chi connectivity index (χ3v) is 8.99. The molecular formula is C28H30ClF3N6O5S. The molecule has 44 heavy (non-hydrogen) atoms. The molecule has 3 aromatic rings. The summed E-state index contributed by atoms with van der Waals surface area (Å²) in [6.07, 6.45) is -4.34. The molecule has 2 heterocycles. The quantitative estimate of drug-likeness (QED) is 0.180. The van der Waals surface area contributed by atoms with Crippen LogP contribution in [-0.4, -0.2) is 73.5 Å². The summed E-state index contributed by atoms with van der Waals surface area (Å²) in [4.78, 5) is 29.1. The molecule has 1 aliphatic rings. The molecular weight excluding hydrogens is 625 g/mol. The number of hydrogen-bond acceptors (Lipinski definition) is 8. The number of piperazine rings is 1. The van der Waals surface area contributed by atoms with E-state index in [2.05, 4.69) is 15.6 Å². The summed E-state index contributed by atoms with van der Waals surface area (Å²) in [6.45, 7) is 1.06. The number of aliphatic carboxylic acids is 1. The minimum absolute atomic E-state index is 0.000115. The number of nitrogens with one attached hydrogen (secondary N) is 2. The third kappa shape index (κ3) is 8.45. The SMILES string of the molecule is NC(CCNCc1cccc(C(=O)Nc2ccc(S(=O)(=O)N3CCN(c4cc(C(F)(F)F)cc(Cl)n4)CC3)cc2)c1)C(=O)O. The smallest absolute Gasteiger partial charge is 0.416 e. The Kier molecular flexibility index (Phi) is 10.5. The number of carboxylic acid groups (broad SMARTS) is 1. The predicted octanol–water partition coefficient (Wildman–Crippen LogP) is 3.41. The number of hydrogen-bond donors (Lipinski definition) is 4. The van der Waals surface area contributed by atoms with Gasteiger partial charge in [-0.3, -0.25) is 9.59 Å². The van der Waals surface area contributed by atoms with Crippen molar-refractivity contribution < 1.29 is 36.3 Å². The molecule has 1 atom stereocenters. The van der Waals surface area contributed by atoms with E-state index in [1.165, 1.54) is 28.6 Å². The maximum Gasteiger partial charge on any atom is 0.416 e. The Morgan fingerprint density at radius 3 is 2.36 bits per heavy atom. The van der Waals surface area contributed by atoms with Gasteiger partial charge >= 0.3 is 12.1 Å². The number of nitrogens with two attached hydrogens (primary N) is 1. The molecule has 236 valence electrons. The fraction of sp³-hybridized carbons (Fsp3) is 0.321. The first kappa shape index (κ1) is 33.1. The van der Waals surface area contributed by atoms with Crippen LogP contribution in [0.4, 0.5) is 24.7 Å². The van der Waals surface area contributed by atoms with Crippen molar-refractivity contribution in [3.05, 3.63) is 82.5 Å². The number of aromatic nitrogens is 1. The number of alkyl halides is 3. The van der Waals surface area contributed by atoms with E-state index in [0.29, 0.717) is 24.3 Å². The van der Waals surface area contributed by atoms with Crippen molar-refractivity contribution in [3.63, 3.8) is 0 Å². The van der Waals surface area contributed by atoms with Crippen LogP contribution in [-0.2, 0) is 27.5 Å². The highest BCUT2D eigenvalue weighted by Gasteiger charge is 2.33. The number of pyridine rings is 1. The number of sulfonamides is 1. The number of carboxylic acids is 1. The maximum atomic E-state index is 13.2. The molecule has 5 N–H and O–H groups in total. The number of carbonyl (C=O) groups is 2. The highest BCUT2D eigenvalue weighted by molar-refractivity contribution is 7.89. The van der Waals surface area contributed by atoms with E-state index in [1.807, 2.05) is 6.07 Å². The van der Waals surface area contributed by atoms with Gasteiger partial charge in [0.05, 0.1) is 10.5 Å². The van der Waals surface area contributed by atoms with Crippen LogP contribution in [0.15, 0.2) is 65.6 Å². The van der Waals surface area contributed by atoms with Crippen molar-refractivity contribution >= 4 is 45.0 Å². The normalized spacial score (nSPS) is 15.2. The molecule has 2 aromatic carbocycles. The number of rotatable bonds is 11. The van der Waals surface area contributed by atoms with E-state index >= 15 is 0 Å². The molecule has 1 aromatic heterocycles. The molecule has 0 spiro atoms. The average Bonchev–Trinajstić information content (AvgIpc) is 2.99. The lowest BCUT2D eigenvalue weighted by Gasteiger charge is -2.35. The number of nitrogens with zero attached hydrogens (tertiary/aromatic N) is 3. The van der Waals surface area contributed by atoms with Crippen molar-refractivity contribution in [1.29, 1.82) is 0 Å². The zero-order valence-corrected chi connectivity index (χ0v) is 24.8. The molecule has 0 aliphatic carbocycles. The number of carbonyl (C=O) groups excluding carboxylic acids is 1. The maximum absolute atomic E-state index is 13.2. The van der Waals surface area contributed by atoms with E-state index in [1.54, 1.807) is 23.1 Å². The van der Waals surface area contributed by atoms with Gasteiger partial charge in [-0.05, 0) is 67.1 Å². The predicted molar refractivity (Wildman–Crippen MR) is 158 cm³/mol. The van der Waals surface area contributed by atoms with Gasteiger partial charge in [0.2, 0.25) is 10.0 Å². The second-order valence-electron chi connectivity index (χ2n) is 10.0. The first-order valence-corrected chi connectivity index (χ1v) is 15.2. The lowest BCUT2D eigenvalue weighted by atomic mass is 10.1. The molecule has 1 amide bonds. The van der Waals surface area contributed by atoms with Crippen LogP contribution in [0, 0.1) is 0 Å². The molecule has 0 radical (unpaired) electrons. The topological polar surface area (TPSA) is 158 Å². The Hall–Kier alpha value is -3.76. The summed E-state index contributed by atoms with van der Waals surface area (Å²) in [5.41, 5.74) is 6.10. The summed E-state index contributed by atoms with van der Waals surface area (Å²) >= 11 is 5.79. The minimum atomic E-state index is -4.60. The van der Waals surface area contributed by atoms with Gasteiger partial charge in [0.25, 0.3) is 5.91 Å². The van der Waals surface area contributed by atoms with Gasteiger partial charge in [-0.15, -0.1) is 0 Å². The Morgan fingerprint density at radius 1 is 1.05 bits per heavy atom. The monoisotopic (exact) mass is 654 g/mol. The van der Waals surface area contributed by atoms with Crippen molar-refractivity contribution in [3.8, 4) is 0 Å². The first-order valence-electron chi connectivity index (χ1n) is 13.4. The van der Waals surface area contributed by atoms with Crippen LogP contribution in [0.3, 0.4) is 0 Å². The minimum Gasteiger partial charge on any atom is -0.480 e. The molecule has 11 nitrogen and oxygen atoms in total. The zero-order valence-electron chi connectivity index (χ0n) is 23.2. The van der Waals surface area contributed by atoms with Gasteiger partial charge < -0.3 is 26.4 Å². The van der Waals surface area contributed by atoms with Gasteiger partial charge in [-0.25, -0.2) is 13.4 Å². The van der Waals surface area contributed by atoms with Crippen molar-refractivity contribution in [2.24, 2.45) is 5.73 Å². The van der Waals surface area contributed by atoms with Crippen molar-refractivity contribution in [1.82, 2.24) is 14.6 Å². The standard InChI is InChI=1S/C28H30ClF3N6O5S/c29-24-15-20(28(30,31)32)16-25(36-24)37-10-12-38(13-11-37)44(42,43)22-6-4-21(5-7-22)35-26(39)19-3-1-2-18(14-19)17-34-9-8-23(33)27(40)41/h1-7,14-16,23,34H,8-13,17,33H2,(H,35,39)(H,40,41). The number of halogens is 4. The van der Waals surface area contributed by atoms with Gasteiger partial charge in [-0.1, -0.05) is 23.7 Å². The van der Waals surface area contributed by atoms with E-state index in [4.69, 9.17) is 22.4 Å². The highest BCUT2D eigenvalue weighted by atomic mass is 35.5. The van der Waals surface area contributed by atoms with E-state index < -0.39 is 39.7 Å². The van der Waals surface area contributed by atoms with Crippen molar-refractivity contribution in [2.75, 3.05) is 42.9 Å². The molecule has 0 bridgehead atoms. The van der Waals surface area contributed by atoms with Crippen LogP contribution in [0.25, 0.3) is 0 Å². The zero-order chi connectivity index (χ0) is 32.1. The molecule has 16 heteroatoms. The number of amides is 1. The second kappa shape index (κ2) is 13.9. The summed E-state index contributed by atoms with van der Waals surface area (Å²) in [6, 6.07) is 13.2. The lowest BCUT2D eigenvalue weighted by molar-refractivity contribution is -0.139. The molecule has 1 saturated heterocycles. The fourth-order valence-electron chi connectivity index (χ4n) is 4.47. The van der Waals surface area contributed by atoms with Gasteiger partial charge in [0.15, 0.2) is 0 Å². The van der Waals surface area contributed by atoms with Crippen LogP contribution >= 0.6 is 11.6 Å². The van der Waals surface area contributed by atoms with Gasteiger partial charge in [0, 0.05) is 44.0 Å². The Labute approximate surface area is 256 Å². The van der Waals surface area contributed by atoms with Crippen LogP contribution in [0.2, 0.25) is 5.15 Å². The van der Waals surface area contributed by atoms with E-state index in [9.17, 15) is 31.2 Å². The molecule has 1 unspecified atom stereocenters. The average molecular weight is 655 g/mol. The highest BCUT2D eigenvalue weighted by Crippen LogP contribution is 2.33. The largest absolute Gasteiger partial charge is 0.480 e. The Morgan fingerprint density at radius 2 is 1.73 bits per heavy atom. The van der Waals surface area contributed by atoms with Crippen molar-refractivity contribution in [2.45, 2.75) is 30.1 Å². The number of benzene rings is 2. The lowest BCUT2D eigenvalue weighted by Crippen LogP contribution is -2.49. The van der Waals surface area contributed by atoms with E-state index in [-0.39, 0.29) is 48.5 Å². The summed E-state index contributed by atoms with van der Waals surface area (Å²) < 4.78 is 67.2.